The zero-order chi connectivity index (χ0) is 39.4. The third kappa shape index (κ3) is 11.5. The Morgan fingerprint density at radius 3 is 1.24 bits per heavy atom. The van der Waals surface area contributed by atoms with E-state index < -0.39 is 46.3 Å². The first-order valence-electron chi connectivity index (χ1n) is 17.0. The van der Waals surface area contributed by atoms with Gasteiger partial charge >= 0.3 is 15.6 Å². The van der Waals surface area contributed by atoms with E-state index in [-0.39, 0.29) is 33.0 Å². The molecule has 0 aliphatic carbocycles. The van der Waals surface area contributed by atoms with Crippen molar-refractivity contribution in [2.45, 2.75) is 62.6 Å². The molecule has 0 saturated carbocycles. The van der Waals surface area contributed by atoms with Crippen LogP contribution in [0.2, 0.25) is 0 Å². The molecular weight excluding hydrogens is 749 g/mol. The average Bonchev–Trinajstić information content (AvgIpc) is 3.19. The van der Waals surface area contributed by atoms with Crippen LogP contribution in [0.4, 0.5) is 13.2 Å². The van der Waals surface area contributed by atoms with E-state index in [0.29, 0.717) is 34.1 Å². The van der Waals surface area contributed by atoms with Gasteiger partial charge in [0.25, 0.3) is 0 Å². The number of methoxy groups -OCH3 is 4. The Balaban J connectivity index is 1.51. The molecule has 4 aromatic rings. The van der Waals surface area contributed by atoms with Gasteiger partial charge in [0.15, 0.2) is 0 Å². The van der Waals surface area contributed by atoms with Crippen LogP contribution in [0.1, 0.15) is 22.3 Å². The molecule has 55 heavy (non-hydrogen) atoms. The first-order valence-corrected chi connectivity index (χ1v) is 18.4. The van der Waals surface area contributed by atoms with Gasteiger partial charge in [0.2, 0.25) is 6.29 Å². The summed E-state index contributed by atoms with van der Waals surface area (Å²) >= 11 is 0. The van der Waals surface area contributed by atoms with Crippen molar-refractivity contribution >= 4 is 10.1 Å². The molecule has 4 aromatic carbocycles. The highest BCUT2D eigenvalue weighted by Crippen LogP contribution is 2.35. The number of alkyl halides is 3. The minimum atomic E-state index is -6.19. The van der Waals surface area contributed by atoms with Crippen LogP contribution in [0.25, 0.3) is 0 Å². The van der Waals surface area contributed by atoms with E-state index in [1.165, 1.54) is 28.4 Å². The van der Waals surface area contributed by atoms with Gasteiger partial charge in [-0.05, 0) is 70.8 Å². The van der Waals surface area contributed by atoms with Gasteiger partial charge in [-0.3, -0.25) is 0 Å². The summed E-state index contributed by atoms with van der Waals surface area (Å²) in [5, 5.41) is 0. The Bertz CT molecular complexity index is 1860. The fraction of sp³-hybridized carbons (Fsp3) is 0.385. The zero-order valence-electron chi connectivity index (χ0n) is 30.6. The molecule has 0 spiro atoms. The summed E-state index contributed by atoms with van der Waals surface area (Å²) in [4.78, 5) is 0. The van der Waals surface area contributed by atoms with Crippen molar-refractivity contribution < 1.29 is 68.4 Å². The topological polar surface area (TPSA) is 126 Å². The second-order valence-corrected chi connectivity index (χ2v) is 13.8. The molecule has 0 unspecified atom stereocenters. The Labute approximate surface area is 318 Å². The normalized spacial score (nSPS) is 20.2. The molecule has 0 radical (unpaired) electrons. The Morgan fingerprint density at radius 1 is 0.527 bits per heavy atom. The zero-order valence-corrected chi connectivity index (χ0v) is 31.4. The molecule has 0 N–H and O–H groups in total. The summed E-state index contributed by atoms with van der Waals surface area (Å²) in [5.41, 5.74) is -3.03. The summed E-state index contributed by atoms with van der Waals surface area (Å²) in [6.07, 6.45) is -7.29. The number of benzene rings is 4. The number of hydrogen-bond acceptors (Lipinski definition) is 12. The van der Waals surface area contributed by atoms with Crippen LogP contribution in [-0.2, 0) is 64.4 Å². The van der Waals surface area contributed by atoms with E-state index >= 15 is 0 Å². The van der Waals surface area contributed by atoms with Crippen LogP contribution in [0.5, 0.6) is 23.0 Å². The van der Waals surface area contributed by atoms with Gasteiger partial charge in [-0.2, -0.15) is 21.6 Å². The summed E-state index contributed by atoms with van der Waals surface area (Å²) in [6.45, 7) is -0.490. The standard InChI is InChI=1S/C39H43F3O12S/c1-45-30-13-5-26(6-14-30)21-49-25-34-35(50-22-27-7-15-31(46-2)16-8-27)36(51-23-28-9-17-32(47-3)18-10-28)37(38(53-34)54-55(43,44)39(40,41)42)52-24-29-11-19-33(48-4)20-12-29/h5-20,34-38H,21-25H2,1-4H3/t34-,35-,36+,37-,38+/m1/s1. The van der Waals surface area contributed by atoms with Crippen LogP contribution >= 0.6 is 0 Å². The van der Waals surface area contributed by atoms with Crippen LogP contribution in [0.15, 0.2) is 97.1 Å². The maximum absolute atomic E-state index is 13.8. The van der Waals surface area contributed by atoms with E-state index in [1.54, 1.807) is 97.1 Å². The molecule has 1 heterocycles. The highest BCUT2D eigenvalue weighted by molar-refractivity contribution is 7.87. The number of rotatable bonds is 19. The Kier molecular flexibility index (Phi) is 14.8. The van der Waals surface area contributed by atoms with Crippen molar-refractivity contribution in [2.75, 3.05) is 35.0 Å². The third-order valence-electron chi connectivity index (χ3n) is 8.61. The van der Waals surface area contributed by atoms with Crippen molar-refractivity contribution in [1.82, 2.24) is 0 Å². The van der Waals surface area contributed by atoms with Gasteiger partial charge < -0.3 is 42.6 Å². The molecule has 12 nitrogen and oxygen atoms in total. The highest BCUT2D eigenvalue weighted by atomic mass is 32.2. The van der Waals surface area contributed by atoms with E-state index in [4.69, 9.17) is 46.8 Å². The van der Waals surface area contributed by atoms with E-state index in [9.17, 15) is 21.6 Å². The van der Waals surface area contributed by atoms with E-state index in [2.05, 4.69) is 0 Å². The van der Waals surface area contributed by atoms with Gasteiger partial charge in [0, 0.05) is 0 Å². The van der Waals surface area contributed by atoms with E-state index in [0.717, 1.165) is 11.1 Å². The maximum atomic E-state index is 13.8. The van der Waals surface area contributed by atoms with Crippen molar-refractivity contribution in [3.8, 4) is 23.0 Å². The molecule has 1 saturated heterocycles. The second-order valence-electron chi connectivity index (χ2n) is 12.3. The number of hydrogen-bond donors (Lipinski definition) is 0. The molecule has 0 aromatic heterocycles. The lowest BCUT2D eigenvalue weighted by molar-refractivity contribution is -0.310. The summed E-state index contributed by atoms with van der Waals surface area (Å²) in [6, 6.07) is 27.8. The molecule has 16 heteroatoms. The molecule has 1 fully saturated rings. The van der Waals surface area contributed by atoms with Gasteiger partial charge in [-0.1, -0.05) is 48.5 Å². The van der Waals surface area contributed by atoms with Crippen molar-refractivity contribution in [1.29, 1.82) is 0 Å². The van der Waals surface area contributed by atoms with Crippen LogP contribution in [-0.4, -0.2) is 79.7 Å². The monoisotopic (exact) mass is 792 g/mol. The van der Waals surface area contributed by atoms with Gasteiger partial charge in [0.1, 0.15) is 47.4 Å². The van der Waals surface area contributed by atoms with E-state index in [1.807, 2.05) is 0 Å². The molecular formula is C39H43F3O12S. The molecule has 1 aliphatic rings. The summed E-state index contributed by atoms with van der Waals surface area (Å²) in [7, 11) is -0.0893. The molecule has 0 bridgehead atoms. The van der Waals surface area contributed by atoms with Crippen molar-refractivity contribution in [2.24, 2.45) is 0 Å². The maximum Gasteiger partial charge on any atom is 0.523 e. The second kappa shape index (κ2) is 19.4. The third-order valence-corrected chi connectivity index (χ3v) is 9.62. The van der Waals surface area contributed by atoms with Crippen LogP contribution in [0, 0.1) is 0 Å². The number of halogens is 3. The van der Waals surface area contributed by atoms with Crippen molar-refractivity contribution in [3.63, 3.8) is 0 Å². The first kappa shape index (κ1) is 41.7. The predicted molar refractivity (Wildman–Crippen MR) is 192 cm³/mol. The average molecular weight is 793 g/mol. The fourth-order valence-electron chi connectivity index (χ4n) is 5.59. The minimum Gasteiger partial charge on any atom is -0.497 e. The number of ether oxygens (including phenoxy) is 9. The molecule has 298 valence electrons. The molecule has 0 amide bonds. The lowest BCUT2D eigenvalue weighted by Crippen LogP contribution is -2.62. The first-order chi connectivity index (χ1) is 26.4. The molecule has 1 aliphatic heterocycles. The summed E-state index contributed by atoms with van der Waals surface area (Å²) in [5.74, 6) is 2.41. The van der Waals surface area contributed by atoms with Gasteiger partial charge in [0.05, 0.1) is 61.5 Å². The smallest absolute Gasteiger partial charge is 0.497 e. The largest absolute Gasteiger partial charge is 0.523 e. The highest BCUT2D eigenvalue weighted by Gasteiger charge is 2.55. The Morgan fingerprint density at radius 2 is 0.873 bits per heavy atom. The fourth-order valence-corrected chi connectivity index (χ4v) is 6.11. The SMILES string of the molecule is COc1ccc(COC[C@H]2O[C@@H](OS(=O)(=O)C(F)(F)F)[C@H](OCc3ccc(OC)cc3)[C@@H](OCc3ccc(OC)cc3)[C@@H]2OCc2ccc(OC)cc2)cc1. The predicted octanol–water partition coefficient (Wildman–Crippen LogP) is 6.58. The molecule has 5 rings (SSSR count). The summed E-state index contributed by atoms with van der Waals surface area (Å²) < 4.78 is 123. The minimum absolute atomic E-state index is 0.00697. The van der Waals surface area contributed by atoms with Gasteiger partial charge in [-0.15, -0.1) is 0 Å². The van der Waals surface area contributed by atoms with Gasteiger partial charge in [-0.25, -0.2) is 4.18 Å². The van der Waals surface area contributed by atoms with Crippen molar-refractivity contribution in [3.05, 3.63) is 119 Å². The molecule has 5 atom stereocenters. The van der Waals surface area contributed by atoms with Crippen LogP contribution < -0.4 is 18.9 Å². The quantitative estimate of drug-likeness (QED) is 0.0752. The lowest BCUT2D eigenvalue weighted by Gasteiger charge is -2.45. The van der Waals surface area contributed by atoms with Crippen LogP contribution in [0.3, 0.4) is 0 Å². The lowest BCUT2D eigenvalue weighted by atomic mass is 9.98. The Hall–Kier alpha value is -4.42.